The molecule has 0 aromatic heterocycles. The van der Waals surface area contributed by atoms with Crippen molar-refractivity contribution < 1.29 is 9.53 Å². The Hall–Kier alpha value is -2.26. The number of rotatable bonds is 6. The molecular weight excluding hydrogens is 298 g/mol. The van der Waals surface area contributed by atoms with Crippen LogP contribution in [0.1, 0.15) is 11.1 Å². The minimum Gasteiger partial charge on any atom is -0.497 e. The Labute approximate surface area is 135 Å². The van der Waals surface area contributed by atoms with E-state index in [0.717, 1.165) is 23.3 Å². The van der Waals surface area contributed by atoms with Crippen molar-refractivity contribution >= 4 is 23.6 Å². The van der Waals surface area contributed by atoms with Crippen molar-refractivity contribution in [3.63, 3.8) is 0 Å². The van der Waals surface area contributed by atoms with Crippen LogP contribution >= 0.6 is 11.6 Å². The maximum absolute atomic E-state index is 11.7. The summed E-state index contributed by atoms with van der Waals surface area (Å²) in [7, 11) is 1.64. The molecule has 0 saturated carbocycles. The number of carbonyl (C=O) groups is 1. The molecule has 0 radical (unpaired) electrons. The molecule has 22 heavy (non-hydrogen) atoms. The minimum absolute atomic E-state index is 0.117. The van der Waals surface area contributed by atoms with Crippen LogP contribution in [-0.2, 0) is 11.2 Å². The SMILES string of the molecule is COc1ccc(CCNC(=O)/C=C/c2cccc(Cl)c2)cc1. The second-order valence-corrected chi connectivity index (χ2v) is 5.21. The van der Waals surface area contributed by atoms with E-state index in [1.165, 1.54) is 6.08 Å². The number of ether oxygens (including phenoxy) is 1. The molecule has 2 rings (SSSR count). The van der Waals surface area contributed by atoms with Gasteiger partial charge in [0.25, 0.3) is 0 Å². The van der Waals surface area contributed by atoms with Crippen molar-refractivity contribution in [3.8, 4) is 5.75 Å². The van der Waals surface area contributed by atoms with Crippen LogP contribution in [0.25, 0.3) is 6.08 Å². The summed E-state index contributed by atoms with van der Waals surface area (Å²) in [6, 6.07) is 15.2. The monoisotopic (exact) mass is 315 g/mol. The summed E-state index contributed by atoms with van der Waals surface area (Å²) in [4.78, 5) is 11.7. The molecule has 0 spiro atoms. The third-order valence-electron chi connectivity index (χ3n) is 3.15. The van der Waals surface area contributed by atoms with Crippen LogP contribution in [0.2, 0.25) is 5.02 Å². The fourth-order valence-corrected chi connectivity index (χ4v) is 2.16. The zero-order valence-electron chi connectivity index (χ0n) is 12.4. The molecule has 0 unspecified atom stereocenters. The van der Waals surface area contributed by atoms with Gasteiger partial charge in [-0.3, -0.25) is 4.79 Å². The molecule has 0 fully saturated rings. The van der Waals surface area contributed by atoms with E-state index in [4.69, 9.17) is 16.3 Å². The van der Waals surface area contributed by atoms with Crippen molar-refractivity contribution in [1.82, 2.24) is 5.32 Å². The summed E-state index contributed by atoms with van der Waals surface area (Å²) in [5, 5.41) is 3.51. The second kappa shape index (κ2) is 8.25. The predicted molar refractivity (Wildman–Crippen MR) is 90.2 cm³/mol. The Morgan fingerprint density at radius 2 is 2.00 bits per heavy atom. The van der Waals surface area contributed by atoms with Crippen molar-refractivity contribution in [2.24, 2.45) is 0 Å². The van der Waals surface area contributed by atoms with E-state index in [1.807, 2.05) is 42.5 Å². The average molecular weight is 316 g/mol. The number of nitrogens with one attached hydrogen (secondary N) is 1. The highest BCUT2D eigenvalue weighted by molar-refractivity contribution is 6.30. The number of benzene rings is 2. The highest BCUT2D eigenvalue weighted by Crippen LogP contribution is 2.12. The molecule has 2 aromatic rings. The van der Waals surface area contributed by atoms with Crippen LogP contribution < -0.4 is 10.1 Å². The van der Waals surface area contributed by atoms with Crippen molar-refractivity contribution in [1.29, 1.82) is 0 Å². The Balaban J connectivity index is 1.77. The van der Waals surface area contributed by atoms with Gasteiger partial charge in [-0.1, -0.05) is 35.9 Å². The number of carbonyl (C=O) groups excluding carboxylic acids is 1. The maximum atomic E-state index is 11.7. The van der Waals surface area contributed by atoms with Crippen LogP contribution in [0.15, 0.2) is 54.6 Å². The lowest BCUT2D eigenvalue weighted by molar-refractivity contribution is -0.116. The topological polar surface area (TPSA) is 38.3 Å². The van der Waals surface area contributed by atoms with E-state index < -0.39 is 0 Å². The molecule has 4 heteroatoms. The first-order chi connectivity index (χ1) is 10.7. The minimum atomic E-state index is -0.117. The molecule has 3 nitrogen and oxygen atoms in total. The van der Waals surface area contributed by atoms with Gasteiger partial charge in [0.1, 0.15) is 5.75 Å². The van der Waals surface area contributed by atoms with Gasteiger partial charge in [0.15, 0.2) is 0 Å². The summed E-state index contributed by atoms with van der Waals surface area (Å²) in [6.07, 6.45) is 4.04. The van der Waals surface area contributed by atoms with E-state index in [0.29, 0.717) is 11.6 Å². The Bertz CT molecular complexity index is 650. The number of amides is 1. The predicted octanol–water partition coefficient (Wildman–Crippen LogP) is 3.72. The summed E-state index contributed by atoms with van der Waals surface area (Å²) in [6.45, 7) is 0.588. The lowest BCUT2D eigenvalue weighted by atomic mass is 10.1. The van der Waals surface area contributed by atoms with Crippen molar-refractivity contribution in [2.75, 3.05) is 13.7 Å². The molecule has 0 saturated heterocycles. The Morgan fingerprint density at radius 3 is 2.68 bits per heavy atom. The van der Waals surface area contributed by atoms with Crippen molar-refractivity contribution in [3.05, 3.63) is 70.8 Å². The smallest absolute Gasteiger partial charge is 0.244 e. The molecular formula is C18H18ClNO2. The van der Waals surface area contributed by atoms with Crippen LogP contribution in [0.5, 0.6) is 5.75 Å². The van der Waals surface area contributed by atoms with Gasteiger partial charge in [0, 0.05) is 17.6 Å². The zero-order chi connectivity index (χ0) is 15.8. The molecule has 0 aliphatic rings. The molecule has 114 valence electrons. The highest BCUT2D eigenvalue weighted by atomic mass is 35.5. The van der Waals surface area contributed by atoms with E-state index in [9.17, 15) is 4.79 Å². The first-order valence-electron chi connectivity index (χ1n) is 7.02. The standard InChI is InChI=1S/C18H18ClNO2/c1-22-17-8-5-14(6-9-17)11-12-20-18(21)10-7-15-3-2-4-16(19)13-15/h2-10,13H,11-12H2,1H3,(H,20,21)/b10-7+. The fourth-order valence-electron chi connectivity index (χ4n) is 1.96. The summed E-state index contributed by atoms with van der Waals surface area (Å²) < 4.78 is 5.11. The van der Waals surface area contributed by atoms with Crippen LogP contribution in [0, 0.1) is 0 Å². The van der Waals surface area contributed by atoms with Crippen LogP contribution in [-0.4, -0.2) is 19.6 Å². The molecule has 2 aromatic carbocycles. The second-order valence-electron chi connectivity index (χ2n) is 4.78. The van der Waals surface area contributed by atoms with Crippen LogP contribution in [0.3, 0.4) is 0 Å². The normalized spacial score (nSPS) is 10.6. The van der Waals surface area contributed by atoms with Gasteiger partial charge in [-0.25, -0.2) is 0 Å². The number of hydrogen-bond donors (Lipinski definition) is 1. The third-order valence-corrected chi connectivity index (χ3v) is 3.38. The van der Waals surface area contributed by atoms with Crippen molar-refractivity contribution in [2.45, 2.75) is 6.42 Å². The quantitative estimate of drug-likeness (QED) is 0.825. The summed E-state index contributed by atoms with van der Waals surface area (Å²) >= 11 is 5.89. The van der Waals surface area contributed by atoms with Gasteiger partial charge >= 0.3 is 0 Å². The Kier molecular flexibility index (Phi) is 6.04. The maximum Gasteiger partial charge on any atom is 0.244 e. The van der Waals surface area contributed by atoms with E-state index in [-0.39, 0.29) is 5.91 Å². The lowest BCUT2D eigenvalue weighted by Crippen LogP contribution is -2.23. The number of methoxy groups -OCH3 is 1. The van der Waals surface area contributed by atoms with Crippen LogP contribution in [0.4, 0.5) is 0 Å². The average Bonchev–Trinajstić information content (AvgIpc) is 2.54. The van der Waals surface area contributed by atoms with Gasteiger partial charge in [0.2, 0.25) is 5.91 Å². The van der Waals surface area contributed by atoms with Gasteiger partial charge in [-0.15, -0.1) is 0 Å². The third kappa shape index (κ3) is 5.26. The van der Waals surface area contributed by atoms with Gasteiger partial charge < -0.3 is 10.1 Å². The molecule has 0 atom stereocenters. The molecule has 0 heterocycles. The van der Waals surface area contributed by atoms with E-state index in [2.05, 4.69) is 5.32 Å². The molecule has 0 bridgehead atoms. The molecule has 0 aliphatic carbocycles. The van der Waals surface area contributed by atoms with Gasteiger partial charge in [-0.05, 0) is 47.9 Å². The largest absolute Gasteiger partial charge is 0.497 e. The van der Waals surface area contributed by atoms with Gasteiger partial charge in [-0.2, -0.15) is 0 Å². The van der Waals surface area contributed by atoms with Gasteiger partial charge in [0.05, 0.1) is 7.11 Å². The molecule has 0 aliphatic heterocycles. The zero-order valence-corrected chi connectivity index (χ0v) is 13.1. The first kappa shape index (κ1) is 16.1. The number of halogens is 1. The Morgan fingerprint density at radius 1 is 1.23 bits per heavy atom. The van der Waals surface area contributed by atoms with E-state index >= 15 is 0 Å². The van der Waals surface area contributed by atoms with E-state index in [1.54, 1.807) is 19.3 Å². The highest BCUT2D eigenvalue weighted by Gasteiger charge is 1.98. The molecule has 1 amide bonds. The molecule has 1 N–H and O–H groups in total. The lowest BCUT2D eigenvalue weighted by Gasteiger charge is -2.04. The number of hydrogen-bond acceptors (Lipinski definition) is 2. The summed E-state index contributed by atoms with van der Waals surface area (Å²) in [5.41, 5.74) is 2.05. The first-order valence-corrected chi connectivity index (χ1v) is 7.39. The fraction of sp³-hybridized carbons (Fsp3) is 0.167. The summed E-state index contributed by atoms with van der Waals surface area (Å²) in [5.74, 6) is 0.714.